The molecule has 0 saturated carbocycles. The van der Waals surface area contributed by atoms with Gasteiger partial charge in [-0.05, 0) is 58.6 Å². The summed E-state index contributed by atoms with van der Waals surface area (Å²) in [5.41, 5.74) is 0. The van der Waals surface area contributed by atoms with Gasteiger partial charge in [-0.15, -0.1) is 24.0 Å². The summed E-state index contributed by atoms with van der Waals surface area (Å²) < 4.78 is 5.71. The number of hydrogen-bond acceptors (Lipinski definition) is 4. The molecule has 150 valence electrons. The normalized spacial score (nSPS) is 17.0. The Hall–Kier alpha value is -0.800. The highest BCUT2D eigenvalue weighted by Gasteiger charge is 2.24. The SMILES string of the molecule is CCNC(=NCC(c1ccco1)N1CCCCC1)NCCN(C)CC.I. The van der Waals surface area contributed by atoms with Gasteiger partial charge in [0.25, 0.3) is 0 Å². The first-order valence-corrected chi connectivity index (χ1v) is 9.72. The Morgan fingerprint density at radius 2 is 2.04 bits per heavy atom. The molecule has 0 aliphatic carbocycles. The van der Waals surface area contributed by atoms with E-state index in [9.17, 15) is 0 Å². The van der Waals surface area contributed by atoms with Gasteiger partial charge in [0.05, 0.1) is 18.8 Å². The molecule has 1 aromatic rings. The van der Waals surface area contributed by atoms with Crippen LogP contribution in [-0.4, -0.2) is 68.6 Å². The topological polar surface area (TPSA) is 56.0 Å². The minimum atomic E-state index is 0. The molecule has 1 atom stereocenters. The van der Waals surface area contributed by atoms with Gasteiger partial charge in [0.1, 0.15) is 5.76 Å². The number of aliphatic imine (C=N–C) groups is 1. The third-order valence-corrected chi connectivity index (χ3v) is 4.80. The third-order valence-electron chi connectivity index (χ3n) is 4.80. The second-order valence-electron chi connectivity index (χ2n) is 6.67. The lowest BCUT2D eigenvalue weighted by Crippen LogP contribution is -2.42. The van der Waals surface area contributed by atoms with Crippen molar-refractivity contribution in [3.8, 4) is 0 Å². The van der Waals surface area contributed by atoms with Crippen molar-refractivity contribution in [2.75, 3.05) is 52.9 Å². The monoisotopic (exact) mass is 477 g/mol. The molecule has 1 fully saturated rings. The number of hydrogen-bond donors (Lipinski definition) is 2. The zero-order chi connectivity index (χ0) is 17.9. The van der Waals surface area contributed by atoms with Crippen LogP contribution in [0.2, 0.25) is 0 Å². The minimum absolute atomic E-state index is 0. The van der Waals surface area contributed by atoms with E-state index in [1.165, 1.54) is 19.3 Å². The van der Waals surface area contributed by atoms with E-state index in [-0.39, 0.29) is 30.0 Å². The Kier molecular flexibility index (Phi) is 12.0. The Labute approximate surface area is 175 Å². The van der Waals surface area contributed by atoms with Crippen molar-refractivity contribution in [3.63, 3.8) is 0 Å². The highest BCUT2D eigenvalue weighted by molar-refractivity contribution is 14.0. The van der Waals surface area contributed by atoms with E-state index >= 15 is 0 Å². The lowest BCUT2D eigenvalue weighted by molar-refractivity contribution is 0.150. The predicted molar refractivity (Wildman–Crippen MR) is 119 cm³/mol. The van der Waals surface area contributed by atoms with E-state index in [4.69, 9.17) is 9.41 Å². The zero-order valence-corrected chi connectivity index (χ0v) is 18.9. The molecule has 1 aromatic heterocycles. The van der Waals surface area contributed by atoms with Crippen molar-refractivity contribution in [1.29, 1.82) is 0 Å². The number of likely N-dealkylation sites (N-methyl/N-ethyl adjacent to an activating group) is 1. The third kappa shape index (κ3) is 7.84. The first-order chi connectivity index (χ1) is 12.2. The maximum atomic E-state index is 5.71. The first kappa shape index (κ1) is 23.2. The summed E-state index contributed by atoms with van der Waals surface area (Å²) in [6.45, 7) is 11.1. The summed E-state index contributed by atoms with van der Waals surface area (Å²) in [6, 6.07) is 4.27. The molecule has 1 saturated heterocycles. The number of nitrogens with zero attached hydrogens (tertiary/aromatic N) is 3. The van der Waals surface area contributed by atoms with Gasteiger partial charge in [0.15, 0.2) is 5.96 Å². The quantitative estimate of drug-likeness (QED) is 0.326. The highest BCUT2D eigenvalue weighted by Crippen LogP contribution is 2.25. The summed E-state index contributed by atoms with van der Waals surface area (Å²) >= 11 is 0. The fourth-order valence-corrected chi connectivity index (χ4v) is 3.14. The zero-order valence-electron chi connectivity index (χ0n) is 16.5. The Bertz CT molecular complexity index is 488. The molecule has 2 N–H and O–H groups in total. The smallest absolute Gasteiger partial charge is 0.191 e. The van der Waals surface area contributed by atoms with Crippen LogP contribution in [0.15, 0.2) is 27.8 Å². The Morgan fingerprint density at radius 1 is 1.27 bits per heavy atom. The molecular weight excluding hydrogens is 441 g/mol. The molecule has 26 heavy (non-hydrogen) atoms. The molecule has 0 bridgehead atoms. The first-order valence-electron chi connectivity index (χ1n) is 9.72. The summed E-state index contributed by atoms with van der Waals surface area (Å²) in [6.07, 6.45) is 5.63. The van der Waals surface area contributed by atoms with Crippen LogP contribution < -0.4 is 10.6 Å². The Balaban J connectivity index is 0.00000338. The maximum Gasteiger partial charge on any atom is 0.191 e. The summed E-state index contributed by atoms with van der Waals surface area (Å²) in [4.78, 5) is 9.64. The van der Waals surface area contributed by atoms with Crippen LogP contribution in [0.3, 0.4) is 0 Å². The van der Waals surface area contributed by atoms with E-state index in [0.717, 1.165) is 51.0 Å². The molecule has 0 radical (unpaired) electrons. The van der Waals surface area contributed by atoms with E-state index in [1.807, 2.05) is 6.07 Å². The second kappa shape index (κ2) is 13.4. The molecular formula is C19H36IN5O. The van der Waals surface area contributed by atoms with Crippen molar-refractivity contribution < 1.29 is 4.42 Å². The number of furan rings is 1. The largest absolute Gasteiger partial charge is 0.468 e. The average Bonchev–Trinajstić information content (AvgIpc) is 3.17. The standard InChI is InChI=1S/C19H35N5O.HI/c1-4-20-19(21-11-14-23(3)5-2)22-16-17(18-10-9-15-25-18)24-12-7-6-8-13-24;/h9-10,15,17H,4-8,11-14,16H2,1-3H3,(H2,20,21,22);1H. The van der Waals surface area contributed by atoms with Gasteiger partial charge in [-0.25, -0.2) is 0 Å². The fraction of sp³-hybridized carbons (Fsp3) is 0.737. The number of piperidine rings is 1. The summed E-state index contributed by atoms with van der Waals surface area (Å²) in [5, 5.41) is 6.79. The molecule has 7 heteroatoms. The van der Waals surface area contributed by atoms with Gasteiger partial charge in [0.2, 0.25) is 0 Å². The average molecular weight is 477 g/mol. The van der Waals surface area contributed by atoms with E-state index in [2.05, 4.69) is 47.4 Å². The molecule has 1 unspecified atom stereocenters. The van der Waals surface area contributed by atoms with Crippen molar-refractivity contribution in [3.05, 3.63) is 24.2 Å². The lowest BCUT2D eigenvalue weighted by atomic mass is 10.1. The van der Waals surface area contributed by atoms with Crippen molar-refractivity contribution in [2.45, 2.75) is 39.2 Å². The van der Waals surface area contributed by atoms with Gasteiger partial charge in [-0.1, -0.05) is 13.3 Å². The number of guanidine groups is 1. The molecule has 1 aliphatic rings. The van der Waals surface area contributed by atoms with Gasteiger partial charge < -0.3 is 20.0 Å². The van der Waals surface area contributed by atoms with E-state index in [0.29, 0.717) is 6.54 Å². The summed E-state index contributed by atoms with van der Waals surface area (Å²) in [7, 11) is 2.13. The number of rotatable bonds is 9. The van der Waals surface area contributed by atoms with Crippen LogP contribution in [0.4, 0.5) is 0 Å². The molecule has 2 heterocycles. The minimum Gasteiger partial charge on any atom is -0.468 e. The van der Waals surface area contributed by atoms with Gasteiger partial charge in [0, 0.05) is 19.6 Å². The molecule has 2 rings (SSSR count). The number of nitrogens with one attached hydrogen (secondary N) is 2. The molecule has 0 spiro atoms. The maximum absolute atomic E-state index is 5.71. The predicted octanol–water partition coefficient (Wildman–Crippen LogP) is 2.93. The van der Waals surface area contributed by atoms with E-state index in [1.54, 1.807) is 6.26 Å². The van der Waals surface area contributed by atoms with Crippen LogP contribution in [0.1, 0.15) is 44.9 Å². The number of likely N-dealkylation sites (tertiary alicyclic amines) is 1. The van der Waals surface area contributed by atoms with Gasteiger partial charge in [-0.3, -0.25) is 9.89 Å². The van der Waals surface area contributed by atoms with Crippen LogP contribution in [0.5, 0.6) is 0 Å². The molecule has 0 aromatic carbocycles. The van der Waals surface area contributed by atoms with Crippen molar-refractivity contribution in [1.82, 2.24) is 20.4 Å². The number of halogens is 1. The van der Waals surface area contributed by atoms with E-state index < -0.39 is 0 Å². The molecule has 0 amide bonds. The highest BCUT2D eigenvalue weighted by atomic mass is 127. The van der Waals surface area contributed by atoms with Crippen molar-refractivity contribution in [2.24, 2.45) is 4.99 Å². The Morgan fingerprint density at radius 3 is 2.65 bits per heavy atom. The van der Waals surface area contributed by atoms with Crippen LogP contribution in [0.25, 0.3) is 0 Å². The fourth-order valence-electron chi connectivity index (χ4n) is 3.14. The molecule has 6 nitrogen and oxygen atoms in total. The van der Waals surface area contributed by atoms with Crippen LogP contribution in [0, 0.1) is 0 Å². The summed E-state index contributed by atoms with van der Waals surface area (Å²) in [5.74, 6) is 1.91. The molecule has 1 aliphatic heterocycles. The van der Waals surface area contributed by atoms with Crippen LogP contribution >= 0.6 is 24.0 Å². The van der Waals surface area contributed by atoms with Crippen LogP contribution in [-0.2, 0) is 0 Å². The second-order valence-corrected chi connectivity index (χ2v) is 6.67. The van der Waals surface area contributed by atoms with Crippen molar-refractivity contribution >= 4 is 29.9 Å². The van der Waals surface area contributed by atoms with Gasteiger partial charge >= 0.3 is 0 Å². The lowest BCUT2D eigenvalue weighted by Gasteiger charge is -2.32. The van der Waals surface area contributed by atoms with Gasteiger partial charge in [-0.2, -0.15) is 0 Å².